The first-order chi connectivity index (χ1) is 5.06. The Kier molecular flexibility index (Phi) is 5.38. The average molecular weight is 175 g/mol. The first kappa shape index (κ1) is 10.8. The SMILES string of the molecule is CC(C)CC(C)NC(=O)CS. The van der Waals surface area contributed by atoms with Crippen LogP contribution in [0.2, 0.25) is 0 Å². The molecule has 0 saturated carbocycles. The number of hydrogen-bond acceptors (Lipinski definition) is 2. The smallest absolute Gasteiger partial charge is 0.229 e. The Morgan fingerprint density at radius 1 is 1.45 bits per heavy atom. The Labute approximate surface area is 74.2 Å². The van der Waals surface area contributed by atoms with Crippen LogP contribution in [0.3, 0.4) is 0 Å². The van der Waals surface area contributed by atoms with Crippen LogP contribution in [-0.2, 0) is 4.79 Å². The summed E-state index contributed by atoms with van der Waals surface area (Å²) >= 11 is 3.87. The van der Waals surface area contributed by atoms with E-state index in [4.69, 9.17) is 0 Å². The minimum Gasteiger partial charge on any atom is -0.353 e. The van der Waals surface area contributed by atoms with Crippen molar-refractivity contribution in [3.05, 3.63) is 0 Å². The van der Waals surface area contributed by atoms with E-state index in [2.05, 4.69) is 31.8 Å². The normalized spacial score (nSPS) is 13.2. The lowest BCUT2D eigenvalue weighted by Gasteiger charge is -2.14. The number of thiol groups is 1. The molecule has 0 saturated heterocycles. The van der Waals surface area contributed by atoms with Crippen LogP contribution in [0.4, 0.5) is 0 Å². The van der Waals surface area contributed by atoms with E-state index in [-0.39, 0.29) is 17.7 Å². The van der Waals surface area contributed by atoms with E-state index in [1.807, 2.05) is 6.92 Å². The highest BCUT2D eigenvalue weighted by atomic mass is 32.1. The summed E-state index contributed by atoms with van der Waals surface area (Å²) < 4.78 is 0. The van der Waals surface area contributed by atoms with Crippen molar-refractivity contribution in [2.75, 3.05) is 5.75 Å². The molecule has 0 aliphatic carbocycles. The summed E-state index contributed by atoms with van der Waals surface area (Å²) in [5.41, 5.74) is 0. The molecular formula is C8H17NOS. The summed E-state index contributed by atoms with van der Waals surface area (Å²) in [6, 6.07) is 0.273. The number of carbonyl (C=O) groups excluding carboxylic acids is 1. The molecule has 66 valence electrons. The lowest BCUT2D eigenvalue weighted by Crippen LogP contribution is -2.34. The van der Waals surface area contributed by atoms with Gasteiger partial charge in [0.1, 0.15) is 0 Å². The van der Waals surface area contributed by atoms with E-state index < -0.39 is 0 Å². The van der Waals surface area contributed by atoms with E-state index in [0.717, 1.165) is 6.42 Å². The maximum absolute atomic E-state index is 10.8. The fraction of sp³-hybridized carbons (Fsp3) is 0.875. The van der Waals surface area contributed by atoms with Gasteiger partial charge in [0.05, 0.1) is 5.75 Å². The summed E-state index contributed by atoms with van der Waals surface area (Å²) in [6.07, 6.45) is 1.03. The third-order valence-electron chi connectivity index (χ3n) is 1.38. The zero-order valence-corrected chi connectivity index (χ0v) is 8.32. The predicted molar refractivity (Wildman–Crippen MR) is 50.9 cm³/mol. The third kappa shape index (κ3) is 6.23. The van der Waals surface area contributed by atoms with Crippen molar-refractivity contribution in [2.45, 2.75) is 33.2 Å². The van der Waals surface area contributed by atoms with E-state index in [0.29, 0.717) is 5.92 Å². The predicted octanol–water partition coefficient (Wildman–Crippen LogP) is 1.47. The number of carbonyl (C=O) groups is 1. The Balaban J connectivity index is 3.51. The van der Waals surface area contributed by atoms with Crippen LogP contribution in [0.5, 0.6) is 0 Å². The minimum atomic E-state index is 0.0153. The second-order valence-corrected chi connectivity index (χ2v) is 3.57. The second-order valence-electron chi connectivity index (χ2n) is 3.26. The molecule has 0 heterocycles. The summed E-state index contributed by atoms with van der Waals surface area (Å²) in [5, 5.41) is 2.85. The maximum Gasteiger partial charge on any atom is 0.229 e. The quantitative estimate of drug-likeness (QED) is 0.622. The first-order valence-electron chi connectivity index (χ1n) is 3.96. The average Bonchev–Trinajstić information content (AvgIpc) is 1.85. The third-order valence-corrected chi connectivity index (χ3v) is 1.66. The van der Waals surface area contributed by atoms with Crippen molar-refractivity contribution in [1.82, 2.24) is 5.32 Å². The largest absolute Gasteiger partial charge is 0.353 e. The van der Waals surface area contributed by atoms with Gasteiger partial charge in [0.15, 0.2) is 0 Å². The molecule has 1 N–H and O–H groups in total. The highest BCUT2D eigenvalue weighted by Crippen LogP contribution is 2.03. The van der Waals surface area contributed by atoms with E-state index in [9.17, 15) is 4.79 Å². The molecule has 0 aliphatic rings. The molecule has 0 aromatic rings. The molecule has 2 nitrogen and oxygen atoms in total. The second kappa shape index (κ2) is 5.47. The molecule has 0 radical (unpaired) electrons. The number of hydrogen-bond donors (Lipinski definition) is 2. The van der Waals surface area contributed by atoms with Crippen molar-refractivity contribution >= 4 is 18.5 Å². The molecule has 1 unspecified atom stereocenters. The van der Waals surface area contributed by atoms with Crippen molar-refractivity contribution in [1.29, 1.82) is 0 Å². The van der Waals surface area contributed by atoms with Gasteiger partial charge >= 0.3 is 0 Å². The number of amides is 1. The zero-order chi connectivity index (χ0) is 8.85. The summed E-state index contributed by atoms with van der Waals surface area (Å²) in [4.78, 5) is 10.8. The lowest BCUT2D eigenvalue weighted by atomic mass is 10.1. The Bertz CT molecular complexity index is 125. The fourth-order valence-corrected chi connectivity index (χ4v) is 1.18. The molecule has 0 bridgehead atoms. The van der Waals surface area contributed by atoms with Gasteiger partial charge < -0.3 is 5.32 Å². The standard InChI is InChI=1S/C8H17NOS/c1-6(2)4-7(3)9-8(10)5-11/h6-7,11H,4-5H2,1-3H3,(H,9,10). The van der Waals surface area contributed by atoms with Crippen molar-refractivity contribution in [3.8, 4) is 0 Å². The van der Waals surface area contributed by atoms with Gasteiger partial charge in [-0.05, 0) is 19.3 Å². The Morgan fingerprint density at radius 2 is 2.00 bits per heavy atom. The summed E-state index contributed by atoms with van der Waals surface area (Å²) in [7, 11) is 0. The monoisotopic (exact) mass is 175 g/mol. The molecule has 11 heavy (non-hydrogen) atoms. The fourth-order valence-electron chi connectivity index (χ4n) is 1.09. The maximum atomic E-state index is 10.8. The Hall–Kier alpha value is -0.180. The van der Waals surface area contributed by atoms with Gasteiger partial charge in [-0.2, -0.15) is 12.6 Å². The van der Waals surface area contributed by atoms with Crippen LogP contribution in [-0.4, -0.2) is 17.7 Å². The Morgan fingerprint density at radius 3 is 2.36 bits per heavy atom. The van der Waals surface area contributed by atoms with Crippen molar-refractivity contribution < 1.29 is 4.79 Å². The topological polar surface area (TPSA) is 29.1 Å². The lowest BCUT2D eigenvalue weighted by molar-refractivity contribution is -0.119. The molecule has 0 aromatic heterocycles. The van der Waals surface area contributed by atoms with Crippen LogP contribution in [0.1, 0.15) is 27.2 Å². The van der Waals surface area contributed by atoms with Gasteiger partial charge in [-0.15, -0.1) is 0 Å². The zero-order valence-electron chi connectivity index (χ0n) is 7.42. The molecule has 1 atom stereocenters. The van der Waals surface area contributed by atoms with E-state index >= 15 is 0 Å². The van der Waals surface area contributed by atoms with Crippen LogP contribution < -0.4 is 5.32 Å². The number of rotatable bonds is 4. The van der Waals surface area contributed by atoms with Gasteiger partial charge in [-0.3, -0.25) is 4.79 Å². The molecule has 0 rings (SSSR count). The molecule has 3 heteroatoms. The van der Waals surface area contributed by atoms with Gasteiger partial charge in [-0.1, -0.05) is 13.8 Å². The van der Waals surface area contributed by atoms with E-state index in [1.54, 1.807) is 0 Å². The molecule has 0 fully saturated rings. The van der Waals surface area contributed by atoms with Gasteiger partial charge in [-0.25, -0.2) is 0 Å². The van der Waals surface area contributed by atoms with Gasteiger partial charge in [0.2, 0.25) is 5.91 Å². The highest BCUT2D eigenvalue weighted by Gasteiger charge is 2.06. The molecule has 0 spiro atoms. The van der Waals surface area contributed by atoms with Crippen LogP contribution in [0.25, 0.3) is 0 Å². The molecule has 1 amide bonds. The molecule has 0 aromatic carbocycles. The molecular weight excluding hydrogens is 158 g/mol. The first-order valence-corrected chi connectivity index (χ1v) is 4.59. The highest BCUT2D eigenvalue weighted by molar-refractivity contribution is 7.81. The van der Waals surface area contributed by atoms with Crippen LogP contribution in [0, 0.1) is 5.92 Å². The van der Waals surface area contributed by atoms with Crippen molar-refractivity contribution in [3.63, 3.8) is 0 Å². The van der Waals surface area contributed by atoms with Crippen LogP contribution >= 0.6 is 12.6 Å². The summed E-state index contributed by atoms with van der Waals surface area (Å²) in [5.74, 6) is 0.925. The number of nitrogens with one attached hydrogen (secondary N) is 1. The van der Waals surface area contributed by atoms with Gasteiger partial charge in [0, 0.05) is 6.04 Å². The summed E-state index contributed by atoms with van der Waals surface area (Å²) in [6.45, 7) is 6.30. The minimum absolute atomic E-state index is 0.0153. The van der Waals surface area contributed by atoms with Crippen LogP contribution in [0.15, 0.2) is 0 Å². The van der Waals surface area contributed by atoms with E-state index in [1.165, 1.54) is 0 Å². The van der Waals surface area contributed by atoms with Crippen molar-refractivity contribution in [2.24, 2.45) is 5.92 Å². The molecule has 0 aliphatic heterocycles. The van der Waals surface area contributed by atoms with Gasteiger partial charge in [0.25, 0.3) is 0 Å².